The van der Waals surface area contributed by atoms with Crippen molar-refractivity contribution in [3.05, 3.63) is 0 Å². The van der Waals surface area contributed by atoms with Crippen molar-refractivity contribution in [2.24, 2.45) is 0 Å². The zero-order chi connectivity index (χ0) is 4.99. The van der Waals surface area contributed by atoms with Gasteiger partial charge in [0.05, 0.1) is 6.61 Å². The van der Waals surface area contributed by atoms with Crippen molar-refractivity contribution >= 4 is 29.2 Å². The molecule has 0 rings (SSSR count). The van der Waals surface area contributed by atoms with Crippen LogP contribution in [0.1, 0.15) is 6.92 Å². The summed E-state index contributed by atoms with van der Waals surface area (Å²) < 4.78 is 3.96. The first kappa shape index (κ1) is 10.1. The Morgan fingerprint density at radius 1 is 1.86 bits per heavy atom. The standard InChI is InChI=1S/C3H6O3.Mg.2H/c1-2-6-3(4)5;;;/h2H2,1H3,(H,4,5);;;. The summed E-state index contributed by atoms with van der Waals surface area (Å²) in [5.74, 6) is 0. The van der Waals surface area contributed by atoms with E-state index in [4.69, 9.17) is 5.11 Å². The van der Waals surface area contributed by atoms with Gasteiger partial charge in [-0.1, -0.05) is 0 Å². The van der Waals surface area contributed by atoms with Gasteiger partial charge in [-0.2, -0.15) is 0 Å². The molecule has 1 N–H and O–H groups in total. The summed E-state index contributed by atoms with van der Waals surface area (Å²) in [6.45, 7) is 1.85. The lowest BCUT2D eigenvalue weighted by Crippen LogP contribution is -1.97. The molecule has 0 heterocycles. The summed E-state index contributed by atoms with van der Waals surface area (Å²) in [7, 11) is 0. The third-order valence-electron chi connectivity index (χ3n) is 0.268. The second kappa shape index (κ2) is 6.04. The van der Waals surface area contributed by atoms with Gasteiger partial charge >= 0.3 is 29.2 Å². The molecule has 0 aliphatic rings. The van der Waals surface area contributed by atoms with Gasteiger partial charge in [0, 0.05) is 0 Å². The van der Waals surface area contributed by atoms with Crippen LogP contribution in [0.3, 0.4) is 0 Å². The topological polar surface area (TPSA) is 46.5 Å². The third kappa shape index (κ3) is 10.7. The summed E-state index contributed by atoms with van der Waals surface area (Å²) in [4.78, 5) is 9.38. The first-order chi connectivity index (χ1) is 2.77. The second-order valence-corrected chi connectivity index (χ2v) is 0.699. The van der Waals surface area contributed by atoms with Gasteiger partial charge in [0.1, 0.15) is 0 Å². The number of ether oxygens (including phenoxy) is 1. The van der Waals surface area contributed by atoms with Crippen molar-refractivity contribution in [2.45, 2.75) is 6.92 Å². The van der Waals surface area contributed by atoms with Crippen LogP contribution in [-0.4, -0.2) is 40.9 Å². The molecule has 0 aliphatic heterocycles. The number of hydrogen-bond donors (Lipinski definition) is 1. The highest BCUT2D eigenvalue weighted by molar-refractivity contribution is 5.75. The van der Waals surface area contributed by atoms with Crippen molar-refractivity contribution in [3.63, 3.8) is 0 Å². The van der Waals surface area contributed by atoms with Gasteiger partial charge in [-0.15, -0.1) is 0 Å². The minimum atomic E-state index is -1.21. The van der Waals surface area contributed by atoms with Crippen LogP contribution in [0.2, 0.25) is 0 Å². The van der Waals surface area contributed by atoms with E-state index in [2.05, 4.69) is 4.74 Å². The Labute approximate surface area is 57.8 Å². The van der Waals surface area contributed by atoms with Crippen molar-refractivity contribution in [3.8, 4) is 0 Å². The molecule has 4 heteroatoms. The minimum absolute atomic E-state index is 0. The van der Waals surface area contributed by atoms with Crippen LogP contribution in [0.15, 0.2) is 0 Å². The highest BCUT2D eigenvalue weighted by Gasteiger charge is 1.86. The second-order valence-electron chi connectivity index (χ2n) is 0.699. The van der Waals surface area contributed by atoms with Gasteiger partial charge in [-0.3, -0.25) is 0 Å². The molecule has 0 aromatic rings. The van der Waals surface area contributed by atoms with E-state index in [1.165, 1.54) is 0 Å². The van der Waals surface area contributed by atoms with E-state index in [1.807, 2.05) is 0 Å². The zero-order valence-electron chi connectivity index (χ0n) is 3.47. The predicted molar refractivity (Wildman–Crippen MR) is 28.2 cm³/mol. The highest BCUT2D eigenvalue weighted by atomic mass is 24.3. The molecule has 0 atom stereocenters. The third-order valence-corrected chi connectivity index (χ3v) is 0.268. The van der Waals surface area contributed by atoms with Gasteiger partial charge in [-0.25, -0.2) is 4.79 Å². The van der Waals surface area contributed by atoms with Crippen molar-refractivity contribution < 1.29 is 14.6 Å². The summed E-state index contributed by atoms with van der Waals surface area (Å²) in [5.41, 5.74) is 0. The van der Waals surface area contributed by atoms with Gasteiger partial charge in [0.2, 0.25) is 0 Å². The quantitative estimate of drug-likeness (QED) is 0.381. The molecular weight excluding hydrogens is 108 g/mol. The Kier molecular flexibility index (Phi) is 8.72. The van der Waals surface area contributed by atoms with Crippen LogP contribution in [0.25, 0.3) is 0 Å². The molecule has 0 aromatic carbocycles. The minimum Gasteiger partial charge on any atom is -0.450 e. The maximum absolute atomic E-state index is 9.38. The van der Waals surface area contributed by atoms with E-state index in [0.29, 0.717) is 0 Å². The van der Waals surface area contributed by atoms with Crippen molar-refractivity contribution in [1.82, 2.24) is 0 Å². The summed E-state index contributed by atoms with van der Waals surface area (Å²) >= 11 is 0. The van der Waals surface area contributed by atoms with Gasteiger partial charge in [0.15, 0.2) is 0 Å². The zero-order valence-corrected chi connectivity index (χ0v) is 3.47. The van der Waals surface area contributed by atoms with E-state index in [0.717, 1.165) is 0 Å². The Bertz CT molecular complexity index is 54.1. The van der Waals surface area contributed by atoms with Gasteiger partial charge < -0.3 is 9.84 Å². The molecule has 40 valence electrons. The fourth-order valence-electron chi connectivity index (χ4n) is 0.123. The SMILES string of the molecule is CCOC(=O)O.[MgH2]. The van der Waals surface area contributed by atoms with E-state index >= 15 is 0 Å². The lowest BCUT2D eigenvalue weighted by atomic mass is 10.9. The predicted octanol–water partition coefficient (Wildman–Crippen LogP) is -0.215. The first-order valence-electron chi connectivity index (χ1n) is 1.63. The van der Waals surface area contributed by atoms with E-state index in [9.17, 15) is 4.79 Å². The highest BCUT2D eigenvalue weighted by Crippen LogP contribution is 1.69. The maximum Gasteiger partial charge on any atom is 0.505 e. The molecular formula is C3H8MgO3. The van der Waals surface area contributed by atoms with E-state index in [1.54, 1.807) is 6.92 Å². The molecule has 0 aromatic heterocycles. The summed E-state index contributed by atoms with van der Waals surface area (Å²) in [6, 6.07) is 0. The molecule has 0 bridgehead atoms. The van der Waals surface area contributed by atoms with Crippen LogP contribution < -0.4 is 0 Å². The number of carboxylic acid groups (broad SMARTS) is 1. The van der Waals surface area contributed by atoms with Gasteiger partial charge in [0.25, 0.3) is 0 Å². The molecule has 0 fully saturated rings. The Balaban J connectivity index is 0. The van der Waals surface area contributed by atoms with E-state index < -0.39 is 6.16 Å². The Morgan fingerprint density at radius 2 is 2.29 bits per heavy atom. The fraction of sp³-hybridized carbons (Fsp3) is 0.667. The lowest BCUT2D eigenvalue weighted by molar-refractivity contribution is 0.0966. The van der Waals surface area contributed by atoms with Gasteiger partial charge in [-0.05, 0) is 6.92 Å². The molecule has 0 amide bonds. The smallest absolute Gasteiger partial charge is 0.450 e. The number of carbonyl (C=O) groups is 1. The molecule has 0 saturated carbocycles. The Hall–Kier alpha value is 0.0362. The van der Waals surface area contributed by atoms with Crippen molar-refractivity contribution in [2.75, 3.05) is 6.61 Å². The van der Waals surface area contributed by atoms with Crippen LogP contribution in [-0.2, 0) is 4.74 Å². The normalized spacial score (nSPS) is 6.43. The molecule has 0 radical (unpaired) electrons. The monoisotopic (exact) mass is 116 g/mol. The molecule has 3 nitrogen and oxygen atoms in total. The first-order valence-corrected chi connectivity index (χ1v) is 1.63. The lowest BCUT2D eigenvalue weighted by Gasteiger charge is -1.87. The molecule has 0 unspecified atom stereocenters. The largest absolute Gasteiger partial charge is 0.505 e. The summed E-state index contributed by atoms with van der Waals surface area (Å²) in [5, 5.41) is 7.69. The molecule has 0 spiro atoms. The van der Waals surface area contributed by atoms with Crippen LogP contribution in [0, 0.1) is 0 Å². The average Bonchev–Trinajstić information content (AvgIpc) is 1.35. The molecule has 0 aliphatic carbocycles. The van der Waals surface area contributed by atoms with Crippen LogP contribution in [0.4, 0.5) is 4.79 Å². The molecule has 7 heavy (non-hydrogen) atoms. The average molecular weight is 116 g/mol. The Morgan fingerprint density at radius 3 is 2.29 bits per heavy atom. The summed E-state index contributed by atoms with van der Waals surface area (Å²) in [6.07, 6.45) is -1.21. The van der Waals surface area contributed by atoms with Crippen LogP contribution >= 0.6 is 0 Å². The molecule has 0 saturated heterocycles. The van der Waals surface area contributed by atoms with Crippen LogP contribution in [0.5, 0.6) is 0 Å². The maximum atomic E-state index is 9.38. The van der Waals surface area contributed by atoms with Crippen molar-refractivity contribution in [1.29, 1.82) is 0 Å². The fourth-order valence-corrected chi connectivity index (χ4v) is 0.123. The number of hydrogen-bond acceptors (Lipinski definition) is 2. The van der Waals surface area contributed by atoms with E-state index in [-0.39, 0.29) is 29.7 Å². The number of rotatable bonds is 1.